The standard InChI is InChI=1S/C87H54N12/c1-7-25-55(26-8-1)79-88-80(56-27-9-2-10-28-56)92-85(91-79)61-43-49-64(50-44-61)97-70-40-22-19-37-67(70)73-76(97)74-68-38-20-23-41-71(68)98(65-51-45-62(46-52-65)86-93-81(57-29-11-3-12-30-57)89-82(94-86)58-31-13-4-14-32-58)78(74)75-69-39-21-24-42-72(69)99(77(73)75)66-53-47-63(48-54-66)87-95-83(59-33-15-5-16-34-59)90-84(96-87)60-35-17-6-18-36-60/h1-54H. The van der Waals surface area contributed by atoms with E-state index in [9.17, 15) is 0 Å². The molecule has 99 heavy (non-hydrogen) atoms. The fourth-order valence-electron chi connectivity index (χ4n) is 14.0. The Labute approximate surface area is 567 Å². The van der Waals surface area contributed by atoms with Gasteiger partial charge >= 0.3 is 0 Å². The molecule has 0 saturated heterocycles. The molecule has 0 spiro atoms. The minimum absolute atomic E-state index is 0.581. The summed E-state index contributed by atoms with van der Waals surface area (Å²) in [7, 11) is 0. The molecule has 12 nitrogen and oxygen atoms in total. The molecular weight excluding hydrogens is 1210 g/mol. The third-order valence-corrected chi connectivity index (χ3v) is 18.6. The Kier molecular flexibility index (Phi) is 13.6. The summed E-state index contributed by atoms with van der Waals surface area (Å²) in [6.07, 6.45) is 0. The van der Waals surface area contributed by atoms with E-state index < -0.39 is 0 Å². The van der Waals surface area contributed by atoms with E-state index in [1.165, 1.54) is 0 Å². The monoisotopic (exact) mass is 1270 g/mol. The summed E-state index contributed by atoms with van der Waals surface area (Å²) in [5, 5.41) is 6.67. The van der Waals surface area contributed by atoms with E-state index >= 15 is 0 Å². The highest BCUT2D eigenvalue weighted by Gasteiger charge is 2.30. The van der Waals surface area contributed by atoms with Crippen LogP contribution in [0.15, 0.2) is 328 Å². The molecule has 0 fully saturated rings. The van der Waals surface area contributed by atoms with Crippen LogP contribution >= 0.6 is 0 Å². The van der Waals surface area contributed by atoms with Crippen LogP contribution in [-0.2, 0) is 0 Å². The van der Waals surface area contributed by atoms with E-state index in [0.29, 0.717) is 52.4 Å². The van der Waals surface area contributed by atoms with E-state index in [0.717, 1.165) is 133 Å². The Bertz CT molecular complexity index is 5460. The molecule has 19 aromatic rings. The second-order valence-corrected chi connectivity index (χ2v) is 24.5. The van der Waals surface area contributed by atoms with Crippen molar-refractivity contribution in [2.45, 2.75) is 0 Å². The average molecular weight is 1270 g/mol. The van der Waals surface area contributed by atoms with Gasteiger partial charge in [0.15, 0.2) is 52.4 Å². The van der Waals surface area contributed by atoms with Crippen molar-refractivity contribution in [3.63, 3.8) is 0 Å². The lowest BCUT2D eigenvalue weighted by atomic mass is 10.0. The smallest absolute Gasteiger partial charge is 0.164 e. The fraction of sp³-hybridized carbons (Fsp3) is 0. The minimum atomic E-state index is 0.581. The number of aromatic nitrogens is 12. The van der Waals surface area contributed by atoms with Crippen LogP contribution in [0.5, 0.6) is 0 Å². The van der Waals surface area contributed by atoms with Gasteiger partial charge in [-0.15, -0.1) is 0 Å². The lowest BCUT2D eigenvalue weighted by Gasteiger charge is -2.14. The van der Waals surface area contributed by atoms with Crippen LogP contribution in [0.25, 0.3) is 185 Å². The van der Waals surface area contributed by atoms with Gasteiger partial charge in [0, 0.05) is 99.5 Å². The van der Waals surface area contributed by atoms with Crippen molar-refractivity contribution >= 4 is 65.4 Å². The van der Waals surface area contributed by atoms with Crippen molar-refractivity contribution in [1.29, 1.82) is 0 Å². The summed E-state index contributed by atoms with van der Waals surface area (Å²) in [6, 6.07) is 113. The van der Waals surface area contributed by atoms with E-state index in [-0.39, 0.29) is 0 Å². The Morgan fingerprint density at radius 2 is 0.313 bits per heavy atom. The van der Waals surface area contributed by atoms with Gasteiger partial charge < -0.3 is 13.7 Å². The largest absolute Gasteiger partial charge is 0.308 e. The Morgan fingerprint density at radius 3 is 0.505 bits per heavy atom. The zero-order chi connectivity index (χ0) is 65.3. The van der Waals surface area contributed by atoms with Crippen LogP contribution in [-0.4, -0.2) is 58.6 Å². The predicted octanol–water partition coefficient (Wildman–Crippen LogP) is 20.5. The number of hydrogen-bond donors (Lipinski definition) is 0. The first kappa shape index (κ1) is 56.8. The first-order chi connectivity index (χ1) is 49.1. The van der Waals surface area contributed by atoms with Crippen molar-refractivity contribution in [3.05, 3.63) is 328 Å². The molecule has 12 heteroatoms. The number of para-hydroxylation sites is 3. The molecular formula is C87H54N12. The second kappa shape index (κ2) is 23.6. The van der Waals surface area contributed by atoms with Gasteiger partial charge in [0.1, 0.15) is 0 Å². The number of hydrogen-bond acceptors (Lipinski definition) is 9. The Morgan fingerprint density at radius 1 is 0.152 bits per heavy atom. The van der Waals surface area contributed by atoms with E-state index in [1.807, 2.05) is 182 Å². The van der Waals surface area contributed by atoms with Crippen LogP contribution in [0.4, 0.5) is 0 Å². The maximum absolute atomic E-state index is 5.15. The zero-order valence-corrected chi connectivity index (χ0v) is 53.0. The first-order valence-electron chi connectivity index (χ1n) is 32.9. The molecule has 6 heterocycles. The molecule has 0 bridgehead atoms. The van der Waals surface area contributed by atoms with Crippen molar-refractivity contribution < 1.29 is 0 Å². The maximum atomic E-state index is 5.15. The molecule has 0 radical (unpaired) electrons. The molecule has 0 aliphatic heterocycles. The van der Waals surface area contributed by atoms with Gasteiger partial charge in [0.25, 0.3) is 0 Å². The van der Waals surface area contributed by atoms with Crippen molar-refractivity contribution in [2.24, 2.45) is 0 Å². The predicted molar refractivity (Wildman–Crippen MR) is 399 cm³/mol. The molecule has 0 unspecified atom stereocenters. The zero-order valence-electron chi connectivity index (χ0n) is 53.0. The fourth-order valence-corrected chi connectivity index (χ4v) is 14.0. The van der Waals surface area contributed by atoms with Gasteiger partial charge in [-0.1, -0.05) is 237 Å². The Balaban J connectivity index is 0.859. The SMILES string of the molecule is c1ccc(-c2nc(-c3ccccc3)nc(-c3ccc(-n4c5ccccc5c5c4c4c6ccccc6n(-c6ccc(-c7nc(-c8ccccc8)nc(-c8ccccc8)n7)cc6)c4c4c6ccccc6n(-c6ccc(-c7nc(-c8ccccc8)nc(-c8ccccc8)n7)cc6)c54)cc3)n2)cc1. The molecule has 13 aromatic carbocycles. The molecule has 462 valence electrons. The van der Waals surface area contributed by atoms with Crippen LogP contribution in [0.3, 0.4) is 0 Å². The third-order valence-electron chi connectivity index (χ3n) is 18.6. The van der Waals surface area contributed by atoms with Crippen LogP contribution in [0, 0.1) is 0 Å². The van der Waals surface area contributed by atoms with Gasteiger partial charge in [-0.3, -0.25) is 0 Å². The van der Waals surface area contributed by atoms with E-state index in [4.69, 9.17) is 44.9 Å². The van der Waals surface area contributed by atoms with Crippen molar-refractivity contribution in [2.75, 3.05) is 0 Å². The number of fused-ring (bicyclic) bond motifs is 12. The third kappa shape index (κ3) is 9.80. The lowest BCUT2D eigenvalue weighted by Crippen LogP contribution is -2.01. The van der Waals surface area contributed by atoms with Crippen molar-refractivity contribution in [3.8, 4) is 120 Å². The first-order valence-corrected chi connectivity index (χ1v) is 32.9. The highest BCUT2D eigenvalue weighted by Crippen LogP contribution is 2.51. The molecule has 0 aliphatic carbocycles. The second-order valence-electron chi connectivity index (χ2n) is 24.5. The summed E-state index contributed by atoms with van der Waals surface area (Å²) in [5.41, 5.74) is 17.3. The molecule has 0 N–H and O–H groups in total. The molecule has 0 atom stereocenters. The molecule has 6 aromatic heterocycles. The maximum Gasteiger partial charge on any atom is 0.164 e. The van der Waals surface area contributed by atoms with Gasteiger partial charge in [0.05, 0.1) is 33.1 Å². The average Bonchev–Trinajstić information content (AvgIpc) is 1.51. The van der Waals surface area contributed by atoms with Gasteiger partial charge in [0.2, 0.25) is 0 Å². The molecule has 0 amide bonds. The van der Waals surface area contributed by atoms with Crippen LogP contribution < -0.4 is 0 Å². The van der Waals surface area contributed by atoms with Crippen LogP contribution in [0.2, 0.25) is 0 Å². The highest BCUT2D eigenvalue weighted by atomic mass is 15.1. The normalized spacial score (nSPS) is 11.6. The number of rotatable bonds is 12. The summed E-state index contributed by atoms with van der Waals surface area (Å²) in [6.45, 7) is 0. The van der Waals surface area contributed by atoms with Gasteiger partial charge in [-0.25, -0.2) is 44.9 Å². The topological polar surface area (TPSA) is 131 Å². The molecule has 0 aliphatic rings. The van der Waals surface area contributed by atoms with Crippen LogP contribution in [0.1, 0.15) is 0 Å². The minimum Gasteiger partial charge on any atom is -0.308 e. The summed E-state index contributed by atoms with van der Waals surface area (Å²) in [5.74, 6) is 5.37. The van der Waals surface area contributed by atoms with Gasteiger partial charge in [-0.2, -0.15) is 0 Å². The van der Waals surface area contributed by atoms with Gasteiger partial charge in [-0.05, 0) is 91.0 Å². The number of benzene rings is 13. The van der Waals surface area contributed by atoms with Crippen molar-refractivity contribution in [1.82, 2.24) is 58.6 Å². The van der Waals surface area contributed by atoms with E-state index in [2.05, 4.69) is 159 Å². The lowest BCUT2D eigenvalue weighted by molar-refractivity contribution is 1.07. The summed E-state index contributed by atoms with van der Waals surface area (Å²) >= 11 is 0. The highest BCUT2D eigenvalue weighted by molar-refractivity contribution is 6.40. The number of nitrogens with zero attached hydrogens (tertiary/aromatic N) is 12. The summed E-state index contributed by atoms with van der Waals surface area (Å²) in [4.78, 5) is 45.9. The Hall–Kier alpha value is -13.7. The quantitative estimate of drug-likeness (QED) is 0.117. The van der Waals surface area contributed by atoms with E-state index in [1.54, 1.807) is 0 Å². The molecule has 0 saturated carbocycles. The molecule has 19 rings (SSSR count). The summed E-state index contributed by atoms with van der Waals surface area (Å²) < 4.78 is 7.39.